The van der Waals surface area contributed by atoms with Gasteiger partial charge in [-0.25, -0.2) is 0 Å². The maximum absolute atomic E-state index is 10.7. The predicted octanol–water partition coefficient (Wildman–Crippen LogP) is -0.491. The number of fused-ring (bicyclic) bond motifs is 1. The summed E-state index contributed by atoms with van der Waals surface area (Å²) in [5, 5.41) is 17.5. The summed E-state index contributed by atoms with van der Waals surface area (Å²) in [4.78, 5) is 21.4. The summed E-state index contributed by atoms with van der Waals surface area (Å²) in [7, 11) is 0. The van der Waals surface area contributed by atoms with Crippen LogP contribution in [0.4, 0.5) is 0 Å². The van der Waals surface area contributed by atoms with Crippen molar-refractivity contribution in [2.45, 2.75) is 18.4 Å². The number of carbonyl (C=O) groups is 2. The minimum atomic E-state index is -0.960. The van der Waals surface area contributed by atoms with E-state index < -0.39 is 29.3 Å². The molecule has 4 unspecified atom stereocenters. The maximum Gasteiger partial charge on any atom is 0.308 e. The molecule has 0 amide bonds. The van der Waals surface area contributed by atoms with Gasteiger partial charge >= 0.3 is 11.9 Å². The molecule has 0 heterocycles. The summed E-state index contributed by atoms with van der Waals surface area (Å²) in [6.07, 6.45) is 1.03. The molecule has 2 fully saturated rings. The van der Waals surface area contributed by atoms with Gasteiger partial charge in [0.05, 0.1) is 11.8 Å². The Balaban J connectivity index is 2.19. The second-order valence-corrected chi connectivity index (χ2v) is 3.94. The van der Waals surface area contributed by atoms with Gasteiger partial charge in [-0.2, -0.15) is 0 Å². The third-order valence-electron chi connectivity index (χ3n) is 3.35. The van der Waals surface area contributed by atoms with Crippen LogP contribution in [0.3, 0.4) is 0 Å². The van der Waals surface area contributed by atoms with Crippen LogP contribution in [-0.4, -0.2) is 27.7 Å². The summed E-state index contributed by atoms with van der Waals surface area (Å²) >= 11 is 0. The average molecular weight is 185 g/mol. The molecule has 2 aliphatic carbocycles. The second-order valence-electron chi connectivity index (χ2n) is 3.94. The fourth-order valence-corrected chi connectivity index (χ4v) is 2.66. The van der Waals surface area contributed by atoms with Crippen LogP contribution in [0.5, 0.6) is 0 Å². The number of hydrogen-bond acceptors (Lipinski definition) is 3. The highest BCUT2D eigenvalue weighted by Crippen LogP contribution is 2.62. The first-order valence-corrected chi connectivity index (χ1v) is 4.23. The molecule has 0 aliphatic heterocycles. The molecule has 0 aromatic carbocycles. The summed E-state index contributed by atoms with van der Waals surface area (Å²) in [6, 6.07) is 0. The van der Waals surface area contributed by atoms with Crippen molar-refractivity contribution < 1.29 is 19.8 Å². The van der Waals surface area contributed by atoms with Crippen molar-refractivity contribution >= 4 is 11.9 Å². The van der Waals surface area contributed by atoms with Crippen molar-refractivity contribution in [3.63, 3.8) is 0 Å². The van der Waals surface area contributed by atoms with Crippen LogP contribution in [0.1, 0.15) is 12.8 Å². The van der Waals surface area contributed by atoms with E-state index in [1.54, 1.807) is 0 Å². The Morgan fingerprint density at radius 2 is 1.92 bits per heavy atom. The van der Waals surface area contributed by atoms with E-state index in [4.69, 9.17) is 15.9 Å². The SMILES string of the molecule is NC12CCC(C(=O)O)C1C2C(=O)O. The standard InChI is InChI=1S/C8H11NO4/c9-8-2-1-3(6(10)11)4(8)5(8)7(12)13/h3-5H,1-2,9H2,(H,10,11)(H,12,13). The Labute approximate surface area is 74.5 Å². The molecular weight excluding hydrogens is 174 g/mol. The second kappa shape index (κ2) is 2.23. The molecule has 13 heavy (non-hydrogen) atoms. The molecule has 5 nitrogen and oxygen atoms in total. The summed E-state index contributed by atoms with van der Waals surface area (Å²) in [5.74, 6) is -3.41. The van der Waals surface area contributed by atoms with Crippen LogP contribution in [0, 0.1) is 17.8 Å². The molecule has 0 bridgehead atoms. The Bertz CT molecular complexity index is 274. The molecule has 0 saturated heterocycles. The molecule has 2 rings (SSSR count). The third-order valence-corrected chi connectivity index (χ3v) is 3.35. The fourth-order valence-electron chi connectivity index (χ4n) is 2.66. The zero-order chi connectivity index (χ0) is 9.80. The molecule has 5 heteroatoms. The Morgan fingerprint density at radius 3 is 2.31 bits per heavy atom. The van der Waals surface area contributed by atoms with Crippen molar-refractivity contribution in [3.05, 3.63) is 0 Å². The molecule has 0 spiro atoms. The highest BCUT2D eigenvalue weighted by molar-refractivity contribution is 5.82. The molecule has 2 saturated carbocycles. The van der Waals surface area contributed by atoms with E-state index in [1.807, 2.05) is 0 Å². The van der Waals surface area contributed by atoms with Crippen LogP contribution in [0.2, 0.25) is 0 Å². The number of carboxylic acids is 2. The van der Waals surface area contributed by atoms with E-state index in [0.29, 0.717) is 12.8 Å². The van der Waals surface area contributed by atoms with Gasteiger partial charge in [-0.05, 0) is 12.8 Å². The average Bonchev–Trinajstić information content (AvgIpc) is 2.44. The monoisotopic (exact) mass is 185 g/mol. The molecule has 2 aliphatic rings. The van der Waals surface area contributed by atoms with Crippen LogP contribution in [0.25, 0.3) is 0 Å². The van der Waals surface area contributed by atoms with Gasteiger partial charge in [0.1, 0.15) is 0 Å². The number of nitrogens with two attached hydrogens (primary N) is 1. The first kappa shape index (κ1) is 8.50. The quantitative estimate of drug-likeness (QED) is 0.539. The van der Waals surface area contributed by atoms with Crippen LogP contribution in [0.15, 0.2) is 0 Å². The van der Waals surface area contributed by atoms with E-state index in [9.17, 15) is 9.59 Å². The lowest BCUT2D eigenvalue weighted by Gasteiger charge is -2.06. The lowest BCUT2D eigenvalue weighted by atomic mass is 10.0. The Hall–Kier alpha value is -1.10. The minimum absolute atomic E-state index is 0.345. The van der Waals surface area contributed by atoms with Gasteiger partial charge in [-0.3, -0.25) is 9.59 Å². The molecule has 4 atom stereocenters. The van der Waals surface area contributed by atoms with Crippen molar-refractivity contribution in [1.82, 2.24) is 0 Å². The van der Waals surface area contributed by atoms with Crippen molar-refractivity contribution in [3.8, 4) is 0 Å². The maximum atomic E-state index is 10.7. The molecule has 72 valence electrons. The van der Waals surface area contributed by atoms with Crippen LogP contribution < -0.4 is 5.73 Å². The van der Waals surface area contributed by atoms with E-state index in [0.717, 1.165) is 0 Å². The fraction of sp³-hybridized carbons (Fsp3) is 0.750. The van der Waals surface area contributed by atoms with Crippen LogP contribution >= 0.6 is 0 Å². The lowest BCUT2D eigenvalue weighted by Crippen LogP contribution is -2.26. The largest absolute Gasteiger partial charge is 0.481 e. The number of carboxylic acid groups (broad SMARTS) is 2. The third kappa shape index (κ3) is 0.904. The zero-order valence-corrected chi connectivity index (χ0v) is 6.93. The van der Waals surface area contributed by atoms with Crippen LogP contribution in [-0.2, 0) is 9.59 Å². The zero-order valence-electron chi connectivity index (χ0n) is 6.93. The van der Waals surface area contributed by atoms with E-state index in [-0.39, 0.29) is 5.92 Å². The number of rotatable bonds is 2. The van der Waals surface area contributed by atoms with Gasteiger partial charge in [0, 0.05) is 11.5 Å². The van der Waals surface area contributed by atoms with Gasteiger partial charge in [-0.1, -0.05) is 0 Å². The van der Waals surface area contributed by atoms with Gasteiger partial charge in [0.25, 0.3) is 0 Å². The number of aliphatic carboxylic acids is 2. The molecule has 0 aromatic rings. The topological polar surface area (TPSA) is 101 Å². The summed E-state index contributed by atoms with van der Waals surface area (Å²) < 4.78 is 0. The molecule has 0 aromatic heterocycles. The molecule has 0 radical (unpaired) electrons. The van der Waals surface area contributed by atoms with Gasteiger partial charge in [0.15, 0.2) is 0 Å². The smallest absolute Gasteiger partial charge is 0.308 e. The lowest BCUT2D eigenvalue weighted by molar-refractivity contribution is -0.143. The normalized spacial score (nSPS) is 47.0. The Morgan fingerprint density at radius 1 is 1.31 bits per heavy atom. The van der Waals surface area contributed by atoms with E-state index in [1.165, 1.54) is 0 Å². The van der Waals surface area contributed by atoms with Crippen molar-refractivity contribution in [2.75, 3.05) is 0 Å². The van der Waals surface area contributed by atoms with Gasteiger partial charge in [-0.15, -0.1) is 0 Å². The Kier molecular flexibility index (Phi) is 1.46. The highest BCUT2D eigenvalue weighted by atomic mass is 16.4. The van der Waals surface area contributed by atoms with Gasteiger partial charge < -0.3 is 15.9 Å². The van der Waals surface area contributed by atoms with Gasteiger partial charge in [0.2, 0.25) is 0 Å². The minimum Gasteiger partial charge on any atom is -0.481 e. The van der Waals surface area contributed by atoms with E-state index >= 15 is 0 Å². The summed E-state index contributed by atoms with van der Waals surface area (Å²) in [5.41, 5.74) is 5.05. The molecular formula is C8H11NO4. The molecule has 4 N–H and O–H groups in total. The van der Waals surface area contributed by atoms with Crippen molar-refractivity contribution in [2.24, 2.45) is 23.5 Å². The first-order valence-electron chi connectivity index (χ1n) is 4.23. The summed E-state index contributed by atoms with van der Waals surface area (Å²) in [6.45, 7) is 0. The predicted molar refractivity (Wildman–Crippen MR) is 41.9 cm³/mol. The number of hydrogen-bond donors (Lipinski definition) is 3. The van der Waals surface area contributed by atoms with Crippen molar-refractivity contribution in [1.29, 1.82) is 0 Å². The highest BCUT2D eigenvalue weighted by Gasteiger charge is 2.73. The first-order chi connectivity index (χ1) is 5.98. The van der Waals surface area contributed by atoms with E-state index in [2.05, 4.69) is 0 Å².